The standard InChI is InChI=1S/C10H8N4O/c15-10-5-7-3-1-2-4-8(7)14-9(12-10)6-11-13-14/h1-4,6H,5H2,(H,12,15). The first-order valence-corrected chi connectivity index (χ1v) is 4.63. The first-order chi connectivity index (χ1) is 7.34. The number of nitrogens with zero attached hydrogens (tertiary/aromatic N) is 3. The number of anilines is 1. The molecule has 15 heavy (non-hydrogen) atoms. The van der Waals surface area contributed by atoms with E-state index in [9.17, 15) is 4.79 Å². The fourth-order valence-electron chi connectivity index (χ4n) is 1.73. The van der Waals surface area contributed by atoms with Crippen molar-refractivity contribution >= 4 is 11.7 Å². The van der Waals surface area contributed by atoms with E-state index in [2.05, 4.69) is 15.6 Å². The fourth-order valence-corrected chi connectivity index (χ4v) is 1.73. The molecule has 1 aromatic heterocycles. The topological polar surface area (TPSA) is 59.8 Å². The highest BCUT2D eigenvalue weighted by atomic mass is 16.1. The minimum absolute atomic E-state index is 0.0384. The Labute approximate surface area is 85.7 Å². The third-order valence-electron chi connectivity index (χ3n) is 2.39. The molecule has 0 fully saturated rings. The molecular formula is C10H8N4O. The van der Waals surface area contributed by atoms with Crippen LogP contribution in [0.25, 0.3) is 5.69 Å². The Balaban J connectivity index is 2.29. The molecule has 1 aromatic carbocycles. The first-order valence-electron chi connectivity index (χ1n) is 4.63. The van der Waals surface area contributed by atoms with Crippen LogP contribution in [0.4, 0.5) is 5.82 Å². The Kier molecular flexibility index (Phi) is 1.58. The van der Waals surface area contributed by atoms with Gasteiger partial charge in [0.05, 0.1) is 18.3 Å². The molecule has 3 rings (SSSR count). The Morgan fingerprint density at radius 1 is 1.33 bits per heavy atom. The van der Waals surface area contributed by atoms with Gasteiger partial charge in [0.25, 0.3) is 0 Å². The molecule has 0 radical (unpaired) electrons. The SMILES string of the molecule is O=C1Cc2ccccc2-n2nncc2N1. The lowest BCUT2D eigenvalue weighted by molar-refractivity contribution is -0.115. The van der Waals surface area contributed by atoms with Crippen LogP contribution in [-0.2, 0) is 11.2 Å². The number of fused-ring (bicyclic) bond motifs is 3. The number of carbonyl (C=O) groups is 1. The molecule has 0 saturated carbocycles. The fraction of sp³-hybridized carbons (Fsp3) is 0.100. The number of nitrogens with one attached hydrogen (secondary N) is 1. The number of hydrogen-bond acceptors (Lipinski definition) is 3. The van der Waals surface area contributed by atoms with E-state index in [1.807, 2.05) is 24.3 Å². The molecule has 5 nitrogen and oxygen atoms in total. The minimum Gasteiger partial charge on any atom is -0.309 e. The summed E-state index contributed by atoms with van der Waals surface area (Å²) in [6.45, 7) is 0. The van der Waals surface area contributed by atoms with Crippen LogP contribution >= 0.6 is 0 Å². The summed E-state index contributed by atoms with van der Waals surface area (Å²) in [5.41, 5.74) is 1.86. The van der Waals surface area contributed by atoms with E-state index in [4.69, 9.17) is 0 Å². The molecule has 1 aliphatic heterocycles. The van der Waals surface area contributed by atoms with E-state index in [-0.39, 0.29) is 5.91 Å². The molecule has 5 heteroatoms. The molecule has 0 unspecified atom stereocenters. The van der Waals surface area contributed by atoms with Gasteiger partial charge in [0.2, 0.25) is 5.91 Å². The van der Waals surface area contributed by atoms with E-state index in [0.29, 0.717) is 12.2 Å². The second kappa shape index (κ2) is 2.91. The summed E-state index contributed by atoms with van der Waals surface area (Å²) in [6, 6.07) is 7.67. The summed E-state index contributed by atoms with van der Waals surface area (Å²) in [5, 5.41) is 10.5. The van der Waals surface area contributed by atoms with Crippen LogP contribution in [0.1, 0.15) is 5.56 Å². The van der Waals surface area contributed by atoms with Gasteiger partial charge in [0.15, 0.2) is 5.82 Å². The highest BCUT2D eigenvalue weighted by molar-refractivity contribution is 5.93. The summed E-state index contributed by atoms with van der Waals surface area (Å²) in [4.78, 5) is 11.5. The predicted molar refractivity (Wildman–Crippen MR) is 53.7 cm³/mol. The zero-order valence-electron chi connectivity index (χ0n) is 7.84. The molecule has 0 spiro atoms. The second-order valence-electron chi connectivity index (χ2n) is 3.38. The normalized spacial score (nSPS) is 13.7. The number of para-hydroxylation sites is 1. The van der Waals surface area contributed by atoms with Crippen LogP contribution < -0.4 is 5.32 Å². The van der Waals surface area contributed by atoms with E-state index in [1.165, 1.54) is 0 Å². The molecule has 2 heterocycles. The molecular weight excluding hydrogens is 192 g/mol. The Hall–Kier alpha value is -2.17. The van der Waals surface area contributed by atoms with Crippen LogP contribution in [0.3, 0.4) is 0 Å². The number of benzene rings is 1. The van der Waals surface area contributed by atoms with Crippen LogP contribution in [0.15, 0.2) is 30.5 Å². The summed E-state index contributed by atoms with van der Waals surface area (Å²) in [7, 11) is 0. The Morgan fingerprint density at radius 3 is 3.13 bits per heavy atom. The number of aromatic nitrogens is 3. The van der Waals surface area contributed by atoms with Crippen molar-refractivity contribution in [1.82, 2.24) is 15.0 Å². The molecule has 74 valence electrons. The van der Waals surface area contributed by atoms with Gasteiger partial charge in [-0.15, -0.1) is 5.10 Å². The highest BCUT2D eigenvalue weighted by Crippen LogP contribution is 2.21. The summed E-state index contributed by atoms with van der Waals surface area (Å²) < 4.78 is 1.64. The van der Waals surface area contributed by atoms with Gasteiger partial charge in [-0.3, -0.25) is 4.79 Å². The average molecular weight is 200 g/mol. The van der Waals surface area contributed by atoms with Crippen LogP contribution in [0.2, 0.25) is 0 Å². The van der Waals surface area contributed by atoms with Crippen molar-refractivity contribution in [3.63, 3.8) is 0 Å². The monoisotopic (exact) mass is 200 g/mol. The number of rotatable bonds is 0. The summed E-state index contributed by atoms with van der Waals surface area (Å²) >= 11 is 0. The van der Waals surface area contributed by atoms with Crippen molar-refractivity contribution in [2.45, 2.75) is 6.42 Å². The zero-order chi connectivity index (χ0) is 10.3. The molecule has 0 atom stereocenters. The Bertz CT molecular complexity index is 532. The van der Waals surface area contributed by atoms with Gasteiger partial charge in [-0.2, -0.15) is 4.68 Å². The molecule has 0 aliphatic carbocycles. The van der Waals surface area contributed by atoms with Gasteiger partial charge < -0.3 is 5.32 Å². The van der Waals surface area contributed by atoms with Crippen LogP contribution in [0.5, 0.6) is 0 Å². The first kappa shape index (κ1) is 8.16. The third kappa shape index (κ3) is 1.20. The van der Waals surface area contributed by atoms with Gasteiger partial charge in [-0.05, 0) is 11.6 Å². The highest BCUT2D eigenvalue weighted by Gasteiger charge is 2.18. The molecule has 1 amide bonds. The van der Waals surface area contributed by atoms with E-state index >= 15 is 0 Å². The number of amides is 1. The summed E-state index contributed by atoms with van der Waals surface area (Å²) in [5.74, 6) is 0.577. The van der Waals surface area contributed by atoms with Gasteiger partial charge in [-0.25, -0.2) is 0 Å². The van der Waals surface area contributed by atoms with E-state index < -0.39 is 0 Å². The summed E-state index contributed by atoms with van der Waals surface area (Å²) in [6.07, 6.45) is 1.92. The lowest BCUT2D eigenvalue weighted by Gasteiger charge is -2.04. The van der Waals surface area contributed by atoms with Gasteiger partial charge in [-0.1, -0.05) is 23.4 Å². The van der Waals surface area contributed by atoms with Gasteiger partial charge in [0.1, 0.15) is 0 Å². The van der Waals surface area contributed by atoms with Gasteiger partial charge in [0, 0.05) is 0 Å². The lowest BCUT2D eigenvalue weighted by atomic mass is 10.1. The van der Waals surface area contributed by atoms with Crippen molar-refractivity contribution in [2.24, 2.45) is 0 Å². The van der Waals surface area contributed by atoms with Crippen molar-refractivity contribution in [3.05, 3.63) is 36.0 Å². The maximum Gasteiger partial charge on any atom is 0.230 e. The van der Waals surface area contributed by atoms with E-state index in [0.717, 1.165) is 11.3 Å². The molecule has 1 aliphatic rings. The van der Waals surface area contributed by atoms with Crippen molar-refractivity contribution in [2.75, 3.05) is 5.32 Å². The molecule has 1 N–H and O–H groups in total. The smallest absolute Gasteiger partial charge is 0.230 e. The number of carbonyl (C=O) groups excluding carboxylic acids is 1. The Morgan fingerprint density at radius 2 is 2.20 bits per heavy atom. The van der Waals surface area contributed by atoms with Crippen molar-refractivity contribution < 1.29 is 4.79 Å². The number of hydrogen-bond donors (Lipinski definition) is 1. The largest absolute Gasteiger partial charge is 0.309 e. The van der Waals surface area contributed by atoms with Crippen LogP contribution in [0, 0.1) is 0 Å². The second-order valence-corrected chi connectivity index (χ2v) is 3.38. The van der Waals surface area contributed by atoms with Crippen molar-refractivity contribution in [3.8, 4) is 5.69 Å². The lowest BCUT2D eigenvalue weighted by Crippen LogP contribution is -2.12. The van der Waals surface area contributed by atoms with E-state index in [1.54, 1.807) is 10.9 Å². The molecule has 0 saturated heterocycles. The van der Waals surface area contributed by atoms with Crippen molar-refractivity contribution in [1.29, 1.82) is 0 Å². The molecule has 0 bridgehead atoms. The average Bonchev–Trinajstić information content (AvgIpc) is 2.62. The van der Waals surface area contributed by atoms with Crippen LogP contribution in [-0.4, -0.2) is 20.9 Å². The maximum absolute atomic E-state index is 11.5. The minimum atomic E-state index is -0.0384. The van der Waals surface area contributed by atoms with Gasteiger partial charge >= 0.3 is 0 Å². The third-order valence-corrected chi connectivity index (χ3v) is 2.39. The predicted octanol–water partition coefficient (Wildman–Crippen LogP) is 0.762. The zero-order valence-corrected chi connectivity index (χ0v) is 7.84. The maximum atomic E-state index is 11.5. The quantitative estimate of drug-likeness (QED) is 0.683. The molecule has 2 aromatic rings.